The van der Waals surface area contributed by atoms with E-state index in [-0.39, 0.29) is 11.5 Å². The number of aryl methyl sites for hydroxylation is 1. The first kappa shape index (κ1) is 22.0. The number of hydrogen-bond acceptors (Lipinski definition) is 4. The second-order valence-electron chi connectivity index (χ2n) is 9.93. The number of benzene rings is 2. The molecule has 1 unspecified atom stereocenters. The molecule has 3 heterocycles. The van der Waals surface area contributed by atoms with Crippen LogP contribution in [-0.4, -0.2) is 34.8 Å². The van der Waals surface area contributed by atoms with Crippen molar-refractivity contribution in [2.24, 2.45) is 5.92 Å². The van der Waals surface area contributed by atoms with E-state index < -0.39 is 0 Å². The van der Waals surface area contributed by atoms with Gasteiger partial charge < -0.3 is 14.6 Å². The van der Waals surface area contributed by atoms with Crippen molar-refractivity contribution in [3.8, 4) is 17.0 Å². The zero-order chi connectivity index (χ0) is 23.9. The number of hydrogen-bond donors (Lipinski definition) is 1. The molecule has 1 saturated carbocycles. The summed E-state index contributed by atoms with van der Waals surface area (Å²) in [6, 6.07) is 18.4. The Morgan fingerprint density at radius 2 is 1.71 bits per heavy atom. The summed E-state index contributed by atoms with van der Waals surface area (Å²) in [5, 5.41) is 4.95. The van der Waals surface area contributed by atoms with Crippen LogP contribution in [0.3, 0.4) is 0 Å². The largest absolute Gasteiger partial charge is 0.497 e. The molecule has 4 aromatic rings. The van der Waals surface area contributed by atoms with E-state index in [4.69, 9.17) is 9.84 Å². The van der Waals surface area contributed by atoms with Crippen LogP contribution in [0.2, 0.25) is 0 Å². The summed E-state index contributed by atoms with van der Waals surface area (Å²) in [5.41, 5.74) is 6.70. The van der Waals surface area contributed by atoms with Crippen LogP contribution in [-0.2, 0) is 0 Å². The standard InChI is InChI=1S/C29H32N4O2/c1-19-24(25(20-11-12-20)21-13-15-23(35-2)16-14-21)29(34)33-28(30-19)27(32-17-7-4-8-18-32)26(31-33)22-9-5-3-6-10-22/h3,5-6,9-10,13-16,20,25,30H,4,7-8,11-12,17-18H2,1-2H3. The topological polar surface area (TPSA) is 62.6 Å². The molecule has 0 spiro atoms. The predicted octanol–water partition coefficient (Wildman–Crippen LogP) is 5.54. The van der Waals surface area contributed by atoms with E-state index >= 15 is 0 Å². The van der Waals surface area contributed by atoms with Crippen molar-refractivity contribution in [3.05, 3.63) is 81.8 Å². The summed E-state index contributed by atoms with van der Waals surface area (Å²) in [5.74, 6) is 1.36. The maximum absolute atomic E-state index is 14.1. The molecule has 180 valence electrons. The van der Waals surface area contributed by atoms with Gasteiger partial charge in [0.1, 0.15) is 17.1 Å². The Kier molecular flexibility index (Phi) is 5.59. The van der Waals surface area contributed by atoms with Crippen LogP contribution in [0.5, 0.6) is 5.75 Å². The number of aromatic amines is 1. The lowest BCUT2D eigenvalue weighted by Crippen LogP contribution is -2.30. The minimum Gasteiger partial charge on any atom is -0.497 e. The van der Waals surface area contributed by atoms with Gasteiger partial charge >= 0.3 is 0 Å². The Bertz CT molecular complexity index is 1390. The molecule has 1 N–H and O–H groups in total. The highest BCUT2D eigenvalue weighted by Gasteiger charge is 2.37. The molecule has 6 heteroatoms. The molecule has 0 amide bonds. The highest BCUT2D eigenvalue weighted by molar-refractivity contribution is 5.86. The lowest BCUT2D eigenvalue weighted by atomic mass is 9.87. The van der Waals surface area contributed by atoms with Gasteiger partial charge in [0.05, 0.1) is 7.11 Å². The number of rotatable bonds is 6. The molecular formula is C29H32N4O2. The highest BCUT2D eigenvalue weighted by atomic mass is 16.5. The molecule has 1 saturated heterocycles. The van der Waals surface area contributed by atoms with Crippen LogP contribution in [0.15, 0.2) is 59.4 Å². The fourth-order valence-electron chi connectivity index (χ4n) is 5.68. The Balaban J connectivity index is 1.55. The monoisotopic (exact) mass is 468 g/mol. The number of aromatic nitrogens is 3. The molecular weight excluding hydrogens is 436 g/mol. The van der Waals surface area contributed by atoms with Crippen molar-refractivity contribution in [2.75, 3.05) is 25.1 Å². The molecule has 2 aliphatic rings. The van der Waals surface area contributed by atoms with Gasteiger partial charge in [-0.05, 0) is 62.6 Å². The van der Waals surface area contributed by atoms with E-state index in [1.165, 1.54) is 6.42 Å². The van der Waals surface area contributed by atoms with E-state index in [1.54, 1.807) is 11.6 Å². The number of fused-ring (bicyclic) bond motifs is 1. The van der Waals surface area contributed by atoms with Gasteiger partial charge in [-0.1, -0.05) is 42.5 Å². The Morgan fingerprint density at radius 1 is 1.00 bits per heavy atom. The highest BCUT2D eigenvalue weighted by Crippen LogP contribution is 2.46. The molecule has 0 bridgehead atoms. The van der Waals surface area contributed by atoms with E-state index in [9.17, 15) is 4.79 Å². The van der Waals surface area contributed by atoms with Crippen LogP contribution in [0.4, 0.5) is 5.69 Å². The third kappa shape index (κ3) is 3.91. The van der Waals surface area contributed by atoms with E-state index in [1.807, 2.05) is 37.3 Å². The summed E-state index contributed by atoms with van der Waals surface area (Å²) in [6.07, 6.45) is 5.85. The fourth-order valence-corrected chi connectivity index (χ4v) is 5.68. The quantitative estimate of drug-likeness (QED) is 0.404. The van der Waals surface area contributed by atoms with Gasteiger partial charge in [-0.15, -0.1) is 0 Å². The van der Waals surface area contributed by atoms with Gasteiger partial charge in [0.2, 0.25) is 0 Å². The van der Waals surface area contributed by atoms with E-state index in [2.05, 4.69) is 34.1 Å². The van der Waals surface area contributed by atoms with E-state index in [0.29, 0.717) is 5.92 Å². The van der Waals surface area contributed by atoms with Crippen molar-refractivity contribution in [1.82, 2.24) is 14.6 Å². The first-order valence-corrected chi connectivity index (χ1v) is 12.8. The summed E-state index contributed by atoms with van der Waals surface area (Å²) in [7, 11) is 1.68. The average molecular weight is 469 g/mol. The third-order valence-corrected chi connectivity index (χ3v) is 7.59. The number of H-pyrrole nitrogens is 1. The van der Waals surface area contributed by atoms with Crippen molar-refractivity contribution in [3.63, 3.8) is 0 Å². The predicted molar refractivity (Wildman–Crippen MR) is 140 cm³/mol. The molecule has 6 rings (SSSR count). The van der Waals surface area contributed by atoms with Crippen molar-refractivity contribution < 1.29 is 4.74 Å². The molecule has 2 aromatic carbocycles. The molecule has 35 heavy (non-hydrogen) atoms. The van der Waals surface area contributed by atoms with Gasteiger partial charge in [-0.2, -0.15) is 9.61 Å². The summed E-state index contributed by atoms with van der Waals surface area (Å²) >= 11 is 0. The SMILES string of the molecule is COc1ccc(C(c2c(C)[nH]c3c(N4CCCCC4)c(-c4ccccc4)nn3c2=O)C2CC2)cc1. The van der Waals surface area contributed by atoms with Crippen molar-refractivity contribution in [2.45, 2.75) is 44.9 Å². The van der Waals surface area contributed by atoms with Crippen LogP contribution < -0.4 is 15.2 Å². The molecule has 6 nitrogen and oxygen atoms in total. The lowest BCUT2D eigenvalue weighted by Gasteiger charge is -2.28. The second-order valence-corrected chi connectivity index (χ2v) is 9.93. The fraction of sp³-hybridized carbons (Fsp3) is 0.379. The number of nitrogens with one attached hydrogen (secondary N) is 1. The zero-order valence-electron chi connectivity index (χ0n) is 20.5. The van der Waals surface area contributed by atoms with Crippen LogP contribution in [0, 0.1) is 12.8 Å². The van der Waals surface area contributed by atoms with Crippen LogP contribution >= 0.6 is 0 Å². The molecule has 1 aliphatic carbocycles. The summed E-state index contributed by atoms with van der Waals surface area (Å²) in [4.78, 5) is 20.2. The van der Waals surface area contributed by atoms with Gasteiger partial charge in [0.25, 0.3) is 5.56 Å². The molecule has 2 fully saturated rings. The van der Waals surface area contributed by atoms with E-state index in [0.717, 1.165) is 83.9 Å². The zero-order valence-corrected chi connectivity index (χ0v) is 20.5. The Hall–Kier alpha value is -3.54. The van der Waals surface area contributed by atoms with Gasteiger partial charge in [0.15, 0.2) is 5.65 Å². The number of methoxy groups -OCH3 is 1. The number of ether oxygens (including phenoxy) is 1. The number of piperidine rings is 1. The van der Waals surface area contributed by atoms with Crippen LogP contribution in [0.1, 0.15) is 54.8 Å². The smallest absolute Gasteiger partial charge is 0.278 e. The van der Waals surface area contributed by atoms with Crippen LogP contribution in [0.25, 0.3) is 16.9 Å². The minimum atomic E-state index is -0.00981. The number of nitrogens with zero attached hydrogens (tertiary/aromatic N) is 3. The van der Waals surface area contributed by atoms with Crippen molar-refractivity contribution >= 4 is 11.3 Å². The lowest BCUT2D eigenvalue weighted by molar-refractivity contribution is 0.414. The third-order valence-electron chi connectivity index (χ3n) is 7.59. The minimum absolute atomic E-state index is 0.00981. The first-order chi connectivity index (χ1) is 17.2. The normalized spacial score (nSPS) is 17.0. The second kappa shape index (κ2) is 8.91. The van der Waals surface area contributed by atoms with Gasteiger partial charge in [-0.25, -0.2) is 0 Å². The Morgan fingerprint density at radius 3 is 2.37 bits per heavy atom. The molecule has 1 aliphatic heterocycles. The van der Waals surface area contributed by atoms with Crippen molar-refractivity contribution in [1.29, 1.82) is 0 Å². The first-order valence-electron chi connectivity index (χ1n) is 12.8. The summed E-state index contributed by atoms with van der Waals surface area (Å²) in [6.45, 7) is 4.02. The maximum Gasteiger partial charge on any atom is 0.278 e. The molecule has 1 atom stereocenters. The maximum atomic E-state index is 14.1. The molecule has 0 radical (unpaired) electrons. The molecule has 2 aromatic heterocycles. The van der Waals surface area contributed by atoms with Gasteiger partial charge in [-0.3, -0.25) is 4.79 Å². The Labute approximate surface area is 205 Å². The summed E-state index contributed by atoms with van der Waals surface area (Å²) < 4.78 is 7.00. The van der Waals surface area contributed by atoms with Gasteiger partial charge in [0, 0.05) is 35.8 Å². The number of anilines is 1. The average Bonchev–Trinajstić information content (AvgIpc) is 3.67.